The molecule has 1 aromatic carbocycles. The van der Waals surface area contributed by atoms with Crippen molar-refractivity contribution in [2.45, 2.75) is 39.4 Å². The van der Waals surface area contributed by atoms with E-state index in [4.69, 9.17) is 23.8 Å². The van der Waals surface area contributed by atoms with E-state index in [2.05, 4.69) is 63.7 Å². The molecule has 0 radical (unpaired) electrons. The van der Waals surface area contributed by atoms with Crippen LogP contribution in [-0.2, 0) is 6.54 Å². The molecular formula is C27H26ClN5S. The van der Waals surface area contributed by atoms with Gasteiger partial charge in [0.25, 0.3) is 0 Å². The Hall–Kier alpha value is -3.22. The smallest absolute Gasteiger partial charge is 0.170 e. The largest absolute Gasteiger partial charge is 0.352 e. The fourth-order valence-corrected chi connectivity index (χ4v) is 5.51. The molecule has 4 heterocycles. The Bertz CT molecular complexity index is 1340. The number of aromatic nitrogens is 3. The predicted octanol–water partition coefficient (Wildman–Crippen LogP) is 6.02. The molecular weight excluding hydrogens is 462 g/mol. The molecule has 3 aromatic heterocycles. The van der Waals surface area contributed by atoms with E-state index in [0.29, 0.717) is 6.54 Å². The summed E-state index contributed by atoms with van der Waals surface area (Å²) in [5.41, 5.74) is 7.99. The van der Waals surface area contributed by atoms with Gasteiger partial charge in [-0.25, -0.2) is 0 Å². The second-order valence-electron chi connectivity index (χ2n) is 8.64. The summed E-state index contributed by atoms with van der Waals surface area (Å²) in [6.45, 7) is 7.19. The van der Waals surface area contributed by atoms with E-state index in [-0.39, 0.29) is 12.1 Å². The summed E-state index contributed by atoms with van der Waals surface area (Å²) in [7, 11) is 0. The number of hydrogen-bond acceptors (Lipinski definition) is 3. The van der Waals surface area contributed by atoms with Crippen molar-refractivity contribution in [3.8, 4) is 5.69 Å². The Morgan fingerprint density at radius 3 is 2.56 bits per heavy atom. The van der Waals surface area contributed by atoms with E-state index in [0.717, 1.165) is 27.1 Å². The van der Waals surface area contributed by atoms with Crippen molar-refractivity contribution in [1.29, 1.82) is 0 Å². The monoisotopic (exact) mass is 487 g/mol. The van der Waals surface area contributed by atoms with Crippen molar-refractivity contribution in [3.63, 3.8) is 0 Å². The molecule has 0 aliphatic carbocycles. The molecule has 0 bridgehead atoms. The van der Waals surface area contributed by atoms with Crippen LogP contribution in [-0.4, -0.2) is 24.5 Å². The number of halogens is 1. The van der Waals surface area contributed by atoms with Gasteiger partial charge in [-0.2, -0.15) is 0 Å². The van der Waals surface area contributed by atoms with Crippen molar-refractivity contribution >= 4 is 28.9 Å². The van der Waals surface area contributed by atoms with E-state index in [1.165, 1.54) is 22.5 Å². The summed E-state index contributed by atoms with van der Waals surface area (Å²) < 4.78 is 2.29. The number of nitrogens with zero attached hydrogens (tertiary/aromatic N) is 4. The van der Waals surface area contributed by atoms with Crippen molar-refractivity contribution in [2.24, 2.45) is 0 Å². The highest BCUT2D eigenvalue weighted by Crippen LogP contribution is 2.44. The van der Waals surface area contributed by atoms with Crippen LogP contribution in [0.2, 0.25) is 5.02 Å². The summed E-state index contributed by atoms with van der Waals surface area (Å²) in [4.78, 5) is 11.3. The number of rotatable bonds is 5. The lowest BCUT2D eigenvalue weighted by Crippen LogP contribution is -2.29. The summed E-state index contributed by atoms with van der Waals surface area (Å²) >= 11 is 12.2. The van der Waals surface area contributed by atoms with Gasteiger partial charge in [-0.15, -0.1) is 0 Å². The molecule has 0 unspecified atom stereocenters. The third-order valence-electron chi connectivity index (χ3n) is 6.64. The van der Waals surface area contributed by atoms with Gasteiger partial charge in [0.05, 0.1) is 17.8 Å². The first-order valence-electron chi connectivity index (χ1n) is 11.3. The topological polar surface area (TPSA) is 46.0 Å². The molecule has 5 nitrogen and oxygen atoms in total. The third kappa shape index (κ3) is 3.97. The molecule has 2 atom stereocenters. The van der Waals surface area contributed by atoms with E-state index in [9.17, 15) is 0 Å². The molecule has 5 rings (SSSR count). The van der Waals surface area contributed by atoms with E-state index < -0.39 is 0 Å². The zero-order valence-corrected chi connectivity index (χ0v) is 20.9. The van der Waals surface area contributed by atoms with Gasteiger partial charge in [-0.1, -0.05) is 29.8 Å². The van der Waals surface area contributed by atoms with Crippen LogP contribution in [0.4, 0.5) is 0 Å². The molecule has 1 aliphatic heterocycles. The molecule has 1 aliphatic rings. The highest BCUT2D eigenvalue weighted by Gasteiger charge is 2.42. The Morgan fingerprint density at radius 2 is 1.85 bits per heavy atom. The van der Waals surface area contributed by atoms with Gasteiger partial charge in [-0.05, 0) is 80.5 Å². The average Bonchev–Trinajstić information content (AvgIpc) is 3.27. The molecule has 1 saturated heterocycles. The highest BCUT2D eigenvalue weighted by atomic mass is 35.5. The third-order valence-corrected chi connectivity index (χ3v) is 7.23. The molecule has 7 heteroatoms. The maximum absolute atomic E-state index is 6.35. The predicted molar refractivity (Wildman–Crippen MR) is 140 cm³/mol. The van der Waals surface area contributed by atoms with Gasteiger partial charge >= 0.3 is 0 Å². The maximum atomic E-state index is 6.35. The van der Waals surface area contributed by atoms with Crippen molar-refractivity contribution in [2.75, 3.05) is 0 Å². The molecule has 34 heavy (non-hydrogen) atoms. The number of thiocarbonyl (C=S) groups is 1. The minimum Gasteiger partial charge on any atom is -0.352 e. The summed E-state index contributed by atoms with van der Waals surface area (Å²) in [6, 6.07) is 18.0. The SMILES string of the molecule is Cc1c([C@@H]2[C@H](c3ccccn3)NC(=S)N2Cc2cccnc2)c(C)n(-c2cccc(Cl)c2)c1C. The Morgan fingerprint density at radius 1 is 1.00 bits per heavy atom. The van der Waals surface area contributed by atoms with Crippen LogP contribution in [0.5, 0.6) is 0 Å². The van der Waals surface area contributed by atoms with Gasteiger partial charge in [0.1, 0.15) is 0 Å². The van der Waals surface area contributed by atoms with Crippen LogP contribution >= 0.6 is 23.8 Å². The molecule has 172 valence electrons. The zero-order chi connectivity index (χ0) is 23.8. The minimum absolute atomic E-state index is 0.0262. The minimum atomic E-state index is -0.0719. The standard InChI is InChI=1S/C27H26ClN5S/c1-17-18(2)33(22-10-6-9-21(28)14-22)19(3)24(17)26-25(23-11-4-5-13-30-23)31-27(34)32(26)16-20-8-7-12-29-15-20/h4-15,25-26H,16H2,1-3H3,(H,31,34)/t25-,26+/m0/s1. The van der Waals surface area contributed by atoms with Crippen molar-refractivity contribution in [1.82, 2.24) is 24.8 Å². The van der Waals surface area contributed by atoms with Crippen molar-refractivity contribution < 1.29 is 0 Å². The van der Waals surface area contributed by atoms with Crippen LogP contribution in [0.15, 0.2) is 73.2 Å². The first-order valence-corrected chi connectivity index (χ1v) is 12.1. The Kier molecular flexibility index (Phi) is 6.11. The van der Waals surface area contributed by atoms with Gasteiger partial charge in [-0.3, -0.25) is 9.97 Å². The van der Waals surface area contributed by atoms with Crippen LogP contribution < -0.4 is 5.32 Å². The molecule has 4 aromatic rings. The molecule has 1 N–H and O–H groups in total. The summed E-state index contributed by atoms with van der Waals surface area (Å²) in [5.74, 6) is 0. The number of nitrogens with one attached hydrogen (secondary N) is 1. The molecule has 0 amide bonds. The zero-order valence-electron chi connectivity index (χ0n) is 19.4. The Labute approximate surface area is 210 Å². The van der Waals surface area contributed by atoms with Crippen LogP contribution in [0.1, 0.15) is 45.9 Å². The van der Waals surface area contributed by atoms with Crippen LogP contribution in [0.25, 0.3) is 5.69 Å². The quantitative estimate of drug-likeness (QED) is 0.349. The van der Waals surface area contributed by atoms with Gasteiger partial charge < -0.3 is 14.8 Å². The highest BCUT2D eigenvalue weighted by molar-refractivity contribution is 7.80. The lowest BCUT2D eigenvalue weighted by molar-refractivity contribution is 0.309. The van der Waals surface area contributed by atoms with Crippen molar-refractivity contribution in [3.05, 3.63) is 112 Å². The normalized spacial score (nSPS) is 17.8. The van der Waals surface area contributed by atoms with Gasteiger partial charge in [0, 0.05) is 52.8 Å². The first-order chi connectivity index (χ1) is 16.5. The summed E-state index contributed by atoms with van der Waals surface area (Å²) in [6.07, 6.45) is 5.53. The lowest BCUT2D eigenvalue weighted by atomic mass is 9.93. The maximum Gasteiger partial charge on any atom is 0.170 e. The average molecular weight is 488 g/mol. The van der Waals surface area contributed by atoms with Crippen LogP contribution in [0.3, 0.4) is 0 Å². The number of pyridine rings is 2. The lowest BCUT2D eigenvalue weighted by Gasteiger charge is -2.29. The van der Waals surface area contributed by atoms with Crippen LogP contribution in [0, 0.1) is 20.8 Å². The van der Waals surface area contributed by atoms with Gasteiger partial charge in [0.15, 0.2) is 5.11 Å². The number of hydrogen-bond donors (Lipinski definition) is 1. The second kappa shape index (κ2) is 9.20. The van der Waals surface area contributed by atoms with E-state index in [1.54, 1.807) is 6.20 Å². The summed E-state index contributed by atoms with van der Waals surface area (Å²) in [5, 5.41) is 5.00. The van der Waals surface area contributed by atoms with E-state index >= 15 is 0 Å². The first kappa shape index (κ1) is 22.6. The number of benzene rings is 1. The second-order valence-corrected chi connectivity index (χ2v) is 9.46. The molecule has 0 spiro atoms. The molecule has 0 saturated carbocycles. The van der Waals surface area contributed by atoms with Gasteiger partial charge in [0.2, 0.25) is 0 Å². The fraction of sp³-hybridized carbons (Fsp3) is 0.222. The molecule has 1 fully saturated rings. The fourth-order valence-electron chi connectivity index (χ4n) is 5.02. The van der Waals surface area contributed by atoms with E-state index in [1.807, 2.05) is 48.8 Å². The Balaban J connectivity index is 1.67.